The zero-order chi connectivity index (χ0) is 13.7. The van der Waals surface area contributed by atoms with E-state index in [0.29, 0.717) is 0 Å². The van der Waals surface area contributed by atoms with Gasteiger partial charge in [-0.3, -0.25) is 0 Å². The Labute approximate surface area is 114 Å². The molecule has 2 aromatic rings. The summed E-state index contributed by atoms with van der Waals surface area (Å²) in [6, 6.07) is 6.50. The molecule has 1 aromatic carbocycles. The van der Waals surface area contributed by atoms with Crippen LogP contribution in [0.25, 0.3) is 11.3 Å². The van der Waals surface area contributed by atoms with Gasteiger partial charge in [-0.05, 0) is 26.3 Å². The van der Waals surface area contributed by atoms with Crippen LogP contribution in [0.2, 0.25) is 0 Å². The van der Waals surface area contributed by atoms with Gasteiger partial charge in [-0.25, -0.2) is 4.98 Å². The fraction of sp³-hybridized carbons (Fsp3) is 0.400. The maximum atomic E-state index is 4.60. The number of nitrogens with one attached hydrogen (secondary N) is 1. The summed E-state index contributed by atoms with van der Waals surface area (Å²) in [5.41, 5.74) is 4.92. The predicted octanol–water partition coefficient (Wildman–Crippen LogP) is 4.80. The van der Waals surface area contributed by atoms with Crippen LogP contribution < -0.4 is 5.32 Å². The molecule has 1 N–H and O–H groups in total. The van der Waals surface area contributed by atoms with Crippen LogP contribution in [0.3, 0.4) is 0 Å². The van der Waals surface area contributed by atoms with Crippen molar-refractivity contribution in [2.24, 2.45) is 0 Å². The smallest absolute Gasteiger partial charge is 0.183 e. The number of benzene rings is 1. The fourth-order valence-corrected chi connectivity index (χ4v) is 2.61. The summed E-state index contributed by atoms with van der Waals surface area (Å²) in [4.78, 5) is 5.86. The van der Waals surface area contributed by atoms with Crippen molar-refractivity contribution in [1.82, 2.24) is 4.98 Å². The molecule has 98 valence electrons. The first-order chi connectivity index (χ1) is 8.61. The molecule has 3 heteroatoms. The van der Waals surface area contributed by atoms with Crippen LogP contribution in [-0.4, -0.2) is 12.0 Å². The Morgan fingerprint density at radius 3 is 2.28 bits per heavy atom. The Balaban J connectivity index is 0.000000771. The molecule has 2 nitrogen and oxygen atoms in total. The molecule has 2 rings (SSSR count). The number of aryl methyl sites for hydroxylation is 3. The number of aromatic nitrogens is 1. The highest BCUT2D eigenvalue weighted by Crippen LogP contribution is 2.32. The van der Waals surface area contributed by atoms with E-state index in [4.69, 9.17) is 0 Å². The van der Waals surface area contributed by atoms with Gasteiger partial charge in [0.05, 0.1) is 5.69 Å². The minimum absolute atomic E-state index is 0.979. The van der Waals surface area contributed by atoms with Crippen LogP contribution in [0, 0.1) is 20.8 Å². The zero-order valence-corrected chi connectivity index (χ0v) is 12.9. The molecule has 0 saturated heterocycles. The van der Waals surface area contributed by atoms with E-state index in [1.54, 1.807) is 11.3 Å². The van der Waals surface area contributed by atoms with Crippen LogP contribution in [0.5, 0.6) is 0 Å². The number of hydrogen-bond donors (Lipinski definition) is 1. The van der Waals surface area contributed by atoms with E-state index in [0.717, 1.165) is 10.8 Å². The number of anilines is 1. The molecule has 1 heterocycles. The van der Waals surface area contributed by atoms with E-state index >= 15 is 0 Å². The van der Waals surface area contributed by atoms with E-state index < -0.39 is 0 Å². The Morgan fingerprint density at radius 1 is 1.11 bits per heavy atom. The molecular weight excluding hydrogens is 240 g/mol. The second kappa shape index (κ2) is 6.55. The summed E-state index contributed by atoms with van der Waals surface area (Å²) in [6.07, 6.45) is 0. The van der Waals surface area contributed by atoms with Gasteiger partial charge in [-0.2, -0.15) is 0 Å². The van der Waals surface area contributed by atoms with Crippen LogP contribution in [0.15, 0.2) is 18.2 Å². The second-order valence-electron chi connectivity index (χ2n) is 3.99. The zero-order valence-electron chi connectivity index (χ0n) is 12.1. The van der Waals surface area contributed by atoms with E-state index in [1.165, 1.54) is 21.6 Å². The van der Waals surface area contributed by atoms with Crippen molar-refractivity contribution in [2.45, 2.75) is 34.6 Å². The predicted molar refractivity (Wildman–Crippen MR) is 82.7 cm³/mol. The van der Waals surface area contributed by atoms with Gasteiger partial charge >= 0.3 is 0 Å². The summed E-state index contributed by atoms with van der Waals surface area (Å²) in [5.74, 6) is 0. The lowest BCUT2D eigenvalue weighted by molar-refractivity contribution is 1.31. The lowest BCUT2D eigenvalue weighted by Crippen LogP contribution is -1.89. The molecule has 0 bridgehead atoms. The summed E-state index contributed by atoms with van der Waals surface area (Å²) < 4.78 is 0. The average Bonchev–Trinajstić information content (AvgIpc) is 2.73. The summed E-state index contributed by atoms with van der Waals surface area (Å²) in [5, 5.41) is 4.08. The van der Waals surface area contributed by atoms with Crippen molar-refractivity contribution >= 4 is 16.5 Å². The average molecular weight is 262 g/mol. The van der Waals surface area contributed by atoms with Gasteiger partial charge in [0.25, 0.3) is 0 Å². The van der Waals surface area contributed by atoms with Crippen LogP contribution in [0.4, 0.5) is 5.13 Å². The molecule has 0 radical (unpaired) electrons. The number of hydrogen-bond acceptors (Lipinski definition) is 3. The summed E-state index contributed by atoms with van der Waals surface area (Å²) in [6.45, 7) is 10.4. The molecule has 0 aliphatic heterocycles. The first-order valence-electron chi connectivity index (χ1n) is 6.34. The largest absolute Gasteiger partial charge is 0.365 e. The maximum absolute atomic E-state index is 4.60. The quantitative estimate of drug-likeness (QED) is 0.840. The fourth-order valence-electron chi connectivity index (χ4n) is 1.83. The van der Waals surface area contributed by atoms with Crippen molar-refractivity contribution < 1.29 is 0 Å². The Hall–Kier alpha value is -1.35. The number of thiazole rings is 1. The normalized spacial score (nSPS) is 9.67. The lowest BCUT2D eigenvalue weighted by Gasteiger charge is -2.04. The van der Waals surface area contributed by atoms with Crippen LogP contribution in [0.1, 0.15) is 29.9 Å². The SMILES string of the molecule is CC.CNc1nc(-c2ccc(C)cc2C)c(C)s1. The molecule has 0 spiro atoms. The van der Waals surface area contributed by atoms with Gasteiger partial charge in [0.1, 0.15) is 0 Å². The van der Waals surface area contributed by atoms with Crippen molar-refractivity contribution in [1.29, 1.82) is 0 Å². The summed E-state index contributed by atoms with van der Waals surface area (Å²) >= 11 is 1.70. The monoisotopic (exact) mass is 262 g/mol. The topological polar surface area (TPSA) is 24.9 Å². The van der Waals surface area contributed by atoms with Gasteiger partial charge in [0.15, 0.2) is 5.13 Å². The third kappa shape index (κ3) is 3.10. The Kier molecular flexibility index (Phi) is 5.35. The maximum Gasteiger partial charge on any atom is 0.183 e. The van der Waals surface area contributed by atoms with Gasteiger partial charge < -0.3 is 5.32 Å². The van der Waals surface area contributed by atoms with Gasteiger partial charge in [0.2, 0.25) is 0 Å². The molecule has 0 aliphatic rings. The van der Waals surface area contributed by atoms with E-state index in [-0.39, 0.29) is 0 Å². The van der Waals surface area contributed by atoms with Crippen molar-refractivity contribution in [2.75, 3.05) is 12.4 Å². The standard InChI is InChI=1S/C13H16N2S.C2H6/c1-8-5-6-11(9(2)7-8)12-10(3)16-13(14-4)15-12;1-2/h5-7H,1-4H3,(H,14,15);1-2H3. The van der Waals surface area contributed by atoms with E-state index in [1.807, 2.05) is 20.9 Å². The molecule has 18 heavy (non-hydrogen) atoms. The minimum Gasteiger partial charge on any atom is -0.365 e. The van der Waals surface area contributed by atoms with Gasteiger partial charge in [-0.1, -0.05) is 37.6 Å². The number of nitrogens with zero attached hydrogens (tertiary/aromatic N) is 1. The highest BCUT2D eigenvalue weighted by Gasteiger charge is 2.10. The van der Waals surface area contributed by atoms with Gasteiger partial charge in [-0.15, -0.1) is 11.3 Å². The Morgan fingerprint density at radius 2 is 1.78 bits per heavy atom. The molecular formula is C15H22N2S. The molecule has 0 unspecified atom stereocenters. The third-order valence-electron chi connectivity index (χ3n) is 2.65. The molecule has 1 aromatic heterocycles. The number of rotatable bonds is 2. The second-order valence-corrected chi connectivity index (χ2v) is 5.20. The van der Waals surface area contributed by atoms with Crippen LogP contribution in [-0.2, 0) is 0 Å². The molecule has 0 amide bonds. The summed E-state index contributed by atoms with van der Waals surface area (Å²) in [7, 11) is 1.91. The third-order valence-corrected chi connectivity index (χ3v) is 3.64. The van der Waals surface area contributed by atoms with Crippen molar-refractivity contribution in [3.8, 4) is 11.3 Å². The highest BCUT2D eigenvalue weighted by molar-refractivity contribution is 7.15. The highest BCUT2D eigenvalue weighted by atomic mass is 32.1. The molecule has 0 aliphatic carbocycles. The lowest BCUT2D eigenvalue weighted by atomic mass is 10.0. The van der Waals surface area contributed by atoms with E-state index in [9.17, 15) is 0 Å². The van der Waals surface area contributed by atoms with Gasteiger partial charge in [0, 0.05) is 17.5 Å². The van der Waals surface area contributed by atoms with Crippen LogP contribution >= 0.6 is 11.3 Å². The molecule has 0 saturated carbocycles. The first kappa shape index (κ1) is 14.7. The molecule has 0 fully saturated rings. The van der Waals surface area contributed by atoms with Crippen molar-refractivity contribution in [3.63, 3.8) is 0 Å². The first-order valence-corrected chi connectivity index (χ1v) is 7.16. The van der Waals surface area contributed by atoms with Crippen molar-refractivity contribution in [3.05, 3.63) is 34.2 Å². The Bertz CT molecular complexity index is 515. The van der Waals surface area contributed by atoms with E-state index in [2.05, 4.69) is 49.3 Å². The molecule has 0 atom stereocenters. The minimum atomic E-state index is 0.979.